The fourth-order valence-corrected chi connectivity index (χ4v) is 2.74. The largest absolute Gasteiger partial charge is 0.337 e. The first-order chi connectivity index (χ1) is 10.2. The molecule has 1 amide bonds. The summed E-state index contributed by atoms with van der Waals surface area (Å²) in [4.78, 5) is 18.4. The Morgan fingerprint density at radius 2 is 2.29 bits per heavy atom. The van der Waals surface area contributed by atoms with Crippen molar-refractivity contribution in [3.05, 3.63) is 47.1 Å². The summed E-state index contributed by atoms with van der Waals surface area (Å²) in [5.74, 6) is 1.41. The number of hydrogen-bond acceptors (Lipinski definition) is 4. The van der Waals surface area contributed by atoms with Crippen molar-refractivity contribution in [2.75, 3.05) is 0 Å². The number of benzene rings is 1. The Hall–Kier alpha value is -2.17. The van der Waals surface area contributed by atoms with Gasteiger partial charge >= 0.3 is 0 Å². The van der Waals surface area contributed by atoms with Crippen molar-refractivity contribution in [1.82, 2.24) is 15.0 Å². The van der Waals surface area contributed by atoms with E-state index in [0.29, 0.717) is 24.7 Å². The average Bonchev–Trinajstić information content (AvgIpc) is 3.07. The molecular weight excluding hydrogens is 266 g/mol. The lowest BCUT2D eigenvalue weighted by Gasteiger charge is -2.22. The Morgan fingerprint density at radius 1 is 1.43 bits per heavy atom. The molecule has 0 N–H and O–H groups in total. The van der Waals surface area contributed by atoms with Crippen molar-refractivity contribution in [3.8, 4) is 0 Å². The van der Waals surface area contributed by atoms with Crippen molar-refractivity contribution < 1.29 is 9.32 Å². The Kier molecular flexibility index (Phi) is 3.73. The minimum Gasteiger partial charge on any atom is -0.337 e. The zero-order valence-electron chi connectivity index (χ0n) is 12.4. The van der Waals surface area contributed by atoms with E-state index >= 15 is 0 Å². The van der Waals surface area contributed by atoms with Crippen molar-refractivity contribution in [2.24, 2.45) is 0 Å². The molecule has 2 aromatic rings. The molecule has 0 radical (unpaired) electrons. The van der Waals surface area contributed by atoms with Crippen LogP contribution >= 0.6 is 0 Å². The van der Waals surface area contributed by atoms with Gasteiger partial charge in [-0.05, 0) is 18.9 Å². The van der Waals surface area contributed by atoms with Crippen LogP contribution in [0.15, 0.2) is 28.8 Å². The second kappa shape index (κ2) is 5.68. The van der Waals surface area contributed by atoms with Gasteiger partial charge in [-0.2, -0.15) is 4.98 Å². The summed E-state index contributed by atoms with van der Waals surface area (Å²) < 4.78 is 5.32. The van der Waals surface area contributed by atoms with Crippen molar-refractivity contribution in [3.63, 3.8) is 0 Å². The molecule has 1 saturated heterocycles. The van der Waals surface area contributed by atoms with Gasteiger partial charge in [-0.1, -0.05) is 41.9 Å². The van der Waals surface area contributed by atoms with Crippen LogP contribution in [0.2, 0.25) is 0 Å². The van der Waals surface area contributed by atoms with Gasteiger partial charge in [-0.3, -0.25) is 4.79 Å². The highest BCUT2D eigenvalue weighted by Crippen LogP contribution is 2.33. The lowest BCUT2D eigenvalue weighted by molar-refractivity contribution is -0.129. The van der Waals surface area contributed by atoms with E-state index in [2.05, 4.69) is 29.2 Å². The van der Waals surface area contributed by atoms with Gasteiger partial charge in [0.15, 0.2) is 5.82 Å². The molecule has 0 bridgehead atoms. The molecule has 1 aromatic heterocycles. The second-order valence-corrected chi connectivity index (χ2v) is 5.47. The Morgan fingerprint density at radius 3 is 3.00 bits per heavy atom. The van der Waals surface area contributed by atoms with Crippen LogP contribution in [0.5, 0.6) is 0 Å². The summed E-state index contributed by atoms with van der Waals surface area (Å²) >= 11 is 0. The fraction of sp³-hybridized carbons (Fsp3) is 0.438. The number of amides is 1. The summed E-state index contributed by atoms with van der Waals surface area (Å²) in [5.41, 5.74) is 2.33. The highest BCUT2D eigenvalue weighted by atomic mass is 16.5. The number of nitrogens with zero attached hydrogens (tertiary/aromatic N) is 3. The minimum atomic E-state index is -0.0918. The first-order valence-electron chi connectivity index (χ1n) is 7.35. The number of carbonyl (C=O) groups excluding carboxylic acids is 1. The van der Waals surface area contributed by atoms with Crippen molar-refractivity contribution in [2.45, 2.75) is 45.7 Å². The molecule has 1 atom stereocenters. The van der Waals surface area contributed by atoms with Gasteiger partial charge in [-0.15, -0.1) is 0 Å². The molecule has 1 aromatic carbocycles. The number of rotatable bonds is 4. The Bertz CT molecular complexity index is 650. The Labute approximate surface area is 124 Å². The van der Waals surface area contributed by atoms with Crippen LogP contribution in [0.25, 0.3) is 0 Å². The van der Waals surface area contributed by atoms with Gasteiger partial charge in [0.2, 0.25) is 11.8 Å². The predicted octanol–water partition coefficient (Wildman–Crippen LogP) is 2.80. The smallest absolute Gasteiger partial charge is 0.249 e. The summed E-state index contributed by atoms with van der Waals surface area (Å²) in [6.07, 6.45) is 2.03. The molecule has 0 spiro atoms. The lowest BCUT2D eigenvalue weighted by atomic mass is 10.1. The predicted molar refractivity (Wildman–Crippen MR) is 77.4 cm³/mol. The molecule has 1 aliphatic heterocycles. The SMILES string of the molecule is CCc1noc(C2CCC(=O)N2Cc2cccc(C)c2)n1. The van der Waals surface area contributed by atoms with Crippen LogP contribution in [-0.2, 0) is 17.8 Å². The van der Waals surface area contributed by atoms with Gasteiger partial charge in [0.1, 0.15) is 6.04 Å². The topological polar surface area (TPSA) is 59.2 Å². The molecule has 1 fully saturated rings. The number of hydrogen-bond donors (Lipinski definition) is 0. The van der Waals surface area contributed by atoms with Gasteiger partial charge in [0, 0.05) is 19.4 Å². The molecule has 5 nitrogen and oxygen atoms in total. The van der Waals surface area contributed by atoms with Crippen molar-refractivity contribution in [1.29, 1.82) is 0 Å². The molecule has 3 rings (SSSR count). The molecule has 0 saturated carbocycles. The zero-order chi connectivity index (χ0) is 14.8. The van der Waals surface area contributed by atoms with E-state index in [4.69, 9.17) is 4.52 Å². The fourth-order valence-electron chi connectivity index (χ4n) is 2.74. The highest BCUT2D eigenvalue weighted by molar-refractivity contribution is 5.78. The molecule has 110 valence electrons. The monoisotopic (exact) mass is 285 g/mol. The van der Waals surface area contributed by atoms with Crippen LogP contribution in [0.1, 0.15) is 48.6 Å². The summed E-state index contributed by atoms with van der Waals surface area (Å²) in [5, 5.41) is 3.94. The maximum Gasteiger partial charge on any atom is 0.249 e. The van der Waals surface area contributed by atoms with Crippen LogP contribution in [0.3, 0.4) is 0 Å². The third kappa shape index (κ3) is 2.82. The van der Waals surface area contributed by atoms with E-state index in [1.54, 1.807) is 0 Å². The normalized spacial score (nSPS) is 18.5. The molecule has 1 unspecified atom stereocenters. The first-order valence-corrected chi connectivity index (χ1v) is 7.35. The Balaban J connectivity index is 1.82. The molecular formula is C16H19N3O2. The quantitative estimate of drug-likeness (QED) is 0.866. The summed E-state index contributed by atoms with van der Waals surface area (Å²) in [6, 6.07) is 8.13. The summed E-state index contributed by atoms with van der Waals surface area (Å²) in [7, 11) is 0. The van der Waals surface area contributed by atoms with Gasteiger partial charge in [-0.25, -0.2) is 0 Å². The number of aryl methyl sites for hydroxylation is 2. The molecule has 21 heavy (non-hydrogen) atoms. The second-order valence-electron chi connectivity index (χ2n) is 5.47. The van der Waals surface area contributed by atoms with E-state index in [-0.39, 0.29) is 11.9 Å². The average molecular weight is 285 g/mol. The molecule has 0 aliphatic carbocycles. The third-order valence-electron chi connectivity index (χ3n) is 3.85. The maximum atomic E-state index is 12.2. The molecule has 1 aliphatic rings. The van der Waals surface area contributed by atoms with E-state index < -0.39 is 0 Å². The van der Waals surface area contributed by atoms with Gasteiger partial charge < -0.3 is 9.42 Å². The highest BCUT2D eigenvalue weighted by Gasteiger charge is 2.35. The minimum absolute atomic E-state index is 0.0918. The van der Waals surface area contributed by atoms with Crippen molar-refractivity contribution >= 4 is 5.91 Å². The van der Waals surface area contributed by atoms with E-state index in [9.17, 15) is 4.79 Å². The number of likely N-dealkylation sites (tertiary alicyclic amines) is 1. The van der Waals surface area contributed by atoms with E-state index in [1.165, 1.54) is 5.56 Å². The maximum absolute atomic E-state index is 12.2. The molecule has 5 heteroatoms. The van der Waals surface area contributed by atoms with Crippen LogP contribution in [0.4, 0.5) is 0 Å². The number of carbonyl (C=O) groups is 1. The summed E-state index contributed by atoms with van der Waals surface area (Å²) in [6.45, 7) is 4.63. The zero-order valence-corrected chi connectivity index (χ0v) is 12.4. The van der Waals surface area contributed by atoms with Crippen LogP contribution in [0, 0.1) is 6.92 Å². The first kappa shape index (κ1) is 13.8. The molecule has 2 heterocycles. The van der Waals surface area contributed by atoms with Crippen LogP contribution < -0.4 is 0 Å². The number of aromatic nitrogens is 2. The standard InChI is InChI=1S/C16H19N3O2/c1-3-14-17-16(21-18-14)13-7-8-15(20)19(13)10-12-6-4-5-11(2)9-12/h4-6,9,13H,3,7-8,10H2,1-2H3. The van der Waals surface area contributed by atoms with E-state index in [0.717, 1.165) is 18.4 Å². The third-order valence-corrected chi connectivity index (χ3v) is 3.85. The van der Waals surface area contributed by atoms with Gasteiger partial charge in [0.05, 0.1) is 0 Å². The van der Waals surface area contributed by atoms with Gasteiger partial charge in [0.25, 0.3) is 0 Å². The lowest BCUT2D eigenvalue weighted by Crippen LogP contribution is -2.27. The van der Waals surface area contributed by atoms with Crippen LogP contribution in [-0.4, -0.2) is 20.9 Å². The van der Waals surface area contributed by atoms with E-state index in [1.807, 2.05) is 24.0 Å².